The van der Waals surface area contributed by atoms with E-state index < -0.39 is 12.8 Å². The number of likely N-dealkylation sites (tertiary alicyclic amines) is 1. The van der Waals surface area contributed by atoms with Crippen molar-refractivity contribution in [2.75, 3.05) is 19.8 Å². The Bertz CT molecular complexity index is 566. The van der Waals surface area contributed by atoms with E-state index in [1.165, 1.54) is 18.2 Å². The van der Waals surface area contributed by atoms with Crippen LogP contribution < -0.4 is 15.2 Å². The van der Waals surface area contributed by atoms with Gasteiger partial charge in [-0.2, -0.15) is 13.2 Å². The monoisotopic (exact) mass is 346 g/mol. The number of benzene rings is 1. The van der Waals surface area contributed by atoms with Gasteiger partial charge in [0, 0.05) is 18.6 Å². The van der Waals surface area contributed by atoms with Gasteiger partial charge in [-0.05, 0) is 31.9 Å². The Morgan fingerprint density at radius 1 is 1.29 bits per heavy atom. The first-order valence-electron chi connectivity index (χ1n) is 7.72. The van der Waals surface area contributed by atoms with E-state index in [0.717, 1.165) is 12.8 Å². The second kappa shape index (κ2) is 7.74. The molecule has 0 aromatic heterocycles. The molecule has 8 heteroatoms. The van der Waals surface area contributed by atoms with E-state index >= 15 is 0 Å². The summed E-state index contributed by atoms with van der Waals surface area (Å²) < 4.78 is 46.9. The molecule has 134 valence electrons. The van der Waals surface area contributed by atoms with Crippen LogP contribution >= 0.6 is 0 Å². The normalized spacial score (nSPS) is 21.5. The molecule has 1 heterocycles. The first-order chi connectivity index (χ1) is 11.3. The molecule has 24 heavy (non-hydrogen) atoms. The van der Waals surface area contributed by atoms with Crippen molar-refractivity contribution in [1.82, 2.24) is 4.90 Å². The van der Waals surface area contributed by atoms with Gasteiger partial charge in [-0.3, -0.25) is 4.79 Å². The quantitative estimate of drug-likeness (QED) is 0.889. The van der Waals surface area contributed by atoms with Gasteiger partial charge in [0.1, 0.15) is 0 Å². The van der Waals surface area contributed by atoms with Crippen LogP contribution in [0.15, 0.2) is 24.3 Å². The van der Waals surface area contributed by atoms with Gasteiger partial charge in [0.25, 0.3) is 5.91 Å². The van der Waals surface area contributed by atoms with Crippen molar-refractivity contribution in [3.8, 4) is 11.5 Å². The van der Waals surface area contributed by atoms with Crippen LogP contribution in [-0.4, -0.2) is 48.8 Å². The molecule has 1 aromatic rings. The van der Waals surface area contributed by atoms with Crippen molar-refractivity contribution in [3.05, 3.63) is 24.3 Å². The maximum atomic E-state index is 12.3. The molecule has 5 nitrogen and oxygen atoms in total. The summed E-state index contributed by atoms with van der Waals surface area (Å²) in [5, 5.41) is 0. The number of amides is 1. The maximum absolute atomic E-state index is 12.3. The van der Waals surface area contributed by atoms with E-state index in [1.54, 1.807) is 11.0 Å². The number of rotatable bonds is 5. The number of nitrogens with zero attached hydrogens (tertiary/aromatic N) is 1. The lowest BCUT2D eigenvalue weighted by atomic mass is 9.99. The standard InChI is InChI=1S/C16H21F3N2O3/c1-11-8-12(20)6-7-21(11)15(22)9-23-13-4-2-3-5-14(13)24-10-16(17,18)19/h2-5,11-12H,6-10,20H2,1H3/t11-,12-/m1/s1. The lowest BCUT2D eigenvalue weighted by Crippen LogP contribution is -2.49. The van der Waals surface area contributed by atoms with Crippen LogP contribution in [0.5, 0.6) is 11.5 Å². The highest BCUT2D eigenvalue weighted by atomic mass is 19.4. The molecule has 0 unspecified atom stereocenters. The van der Waals surface area contributed by atoms with E-state index in [4.69, 9.17) is 15.2 Å². The van der Waals surface area contributed by atoms with Crippen LogP contribution in [0.4, 0.5) is 13.2 Å². The summed E-state index contributed by atoms with van der Waals surface area (Å²) in [5.41, 5.74) is 5.86. The van der Waals surface area contributed by atoms with Crippen LogP contribution in [0.25, 0.3) is 0 Å². The summed E-state index contributed by atoms with van der Waals surface area (Å²) in [5.74, 6) is -0.159. The number of para-hydroxylation sites is 2. The third kappa shape index (κ3) is 5.30. The predicted octanol–water partition coefficient (Wildman–Crippen LogP) is 2.34. The molecule has 1 saturated heterocycles. The highest BCUT2D eigenvalue weighted by Gasteiger charge is 2.29. The van der Waals surface area contributed by atoms with Gasteiger partial charge in [-0.15, -0.1) is 0 Å². The molecule has 1 aromatic carbocycles. The number of nitrogens with two attached hydrogens (primary N) is 1. The van der Waals surface area contributed by atoms with Crippen molar-refractivity contribution in [2.24, 2.45) is 5.73 Å². The highest BCUT2D eigenvalue weighted by molar-refractivity contribution is 5.78. The van der Waals surface area contributed by atoms with E-state index in [-0.39, 0.29) is 36.1 Å². The molecule has 0 saturated carbocycles. The van der Waals surface area contributed by atoms with Gasteiger partial charge in [-0.1, -0.05) is 12.1 Å². The van der Waals surface area contributed by atoms with E-state index in [1.807, 2.05) is 6.92 Å². The lowest BCUT2D eigenvalue weighted by molar-refractivity contribution is -0.153. The molecular formula is C16H21F3N2O3. The molecule has 1 aliphatic heterocycles. The molecule has 0 bridgehead atoms. The summed E-state index contributed by atoms with van der Waals surface area (Å²) in [6.45, 7) is 0.794. The average Bonchev–Trinajstić information content (AvgIpc) is 2.50. The zero-order valence-corrected chi connectivity index (χ0v) is 13.4. The molecule has 1 aliphatic rings. The Labute approximate surface area is 138 Å². The topological polar surface area (TPSA) is 64.8 Å². The first kappa shape index (κ1) is 18.4. The fourth-order valence-corrected chi connectivity index (χ4v) is 2.65. The van der Waals surface area contributed by atoms with Crippen molar-refractivity contribution in [3.63, 3.8) is 0 Å². The second-order valence-corrected chi connectivity index (χ2v) is 5.86. The van der Waals surface area contributed by atoms with Crippen molar-refractivity contribution in [1.29, 1.82) is 0 Å². The van der Waals surface area contributed by atoms with Gasteiger partial charge in [0.05, 0.1) is 0 Å². The third-order valence-electron chi connectivity index (χ3n) is 3.83. The zero-order valence-electron chi connectivity index (χ0n) is 13.4. The Morgan fingerprint density at radius 2 is 1.92 bits per heavy atom. The number of hydrogen-bond acceptors (Lipinski definition) is 4. The van der Waals surface area contributed by atoms with Crippen LogP contribution in [0, 0.1) is 0 Å². The number of piperidine rings is 1. The molecule has 2 rings (SSSR count). The van der Waals surface area contributed by atoms with Crippen LogP contribution in [0.3, 0.4) is 0 Å². The first-order valence-corrected chi connectivity index (χ1v) is 7.72. The minimum atomic E-state index is -4.44. The Morgan fingerprint density at radius 3 is 2.50 bits per heavy atom. The third-order valence-corrected chi connectivity index (χ3v) is 3.83. The van der Waals surface area contributed by atoms with Gasteiger partial charge in [-0.25, -0.2) is 0 Å². The molecule has 0 radical (unpaired) electrons. The van der Waals surface area contributed by atoms with Gasteiger partial charge in [0.15, 0.2) is 24.7 Å². The number of alkyl halides is 3. The minimum absolute atomic E-state index is 0.0153. The second-order valence-electron chi connectivity index (χ2n) is 5.86. The summed E-state index contributed by atoms with van der Waals surface area (Å²) in [6, 6.07) is 6.07. The van der Waals surface area contributed by atoms with Gasteiger partial charge < -0.3 is 20.1 Å². The molecular weight excluding hydrogens is 325 g/mol. The fourth-order valence-electron chi connectivity index (χ4n) is 2.65. The molecule has 0 spiro atoms. The van der Waals surface area contributed by atoms with E-state index in [9.17, 15) is 18.0 Å². The van der Waals surface area contributed by atoms with Gasteiger partial charge >= 0.3 is 6.18 Å². The average molecular weight is 346 g/mol. The predicted molar refractivity (Wildman–Crippen MR) is 81.9 cm³/mol. The van der Waals surface area contributed by atoms with Gasteiger partial charge in [0.2, 0.25) is 0 Å². The summed E-state index contributed by atoms with van der Waals surface area (Å²) in [7, 11) is 0. The molecule has 0 aliphatic carbocycles. The number of carbonyl (C=O) groups excluding carboxylic acids is 1. The number of carbonyl (C=O) groups is 1. The fraction of sp³-hybridized carbons (Fsp3) is 0.562. The molecule has 1 amide bonds. The largest absolute Gasteiger partial charge is 0.480 e. The molecule has 1 fully saturated rings. The highest BCUT2D eigenvalue weighted by Crippen LogP contribution is 2.28. The van der Waals surface area contributed by atoms with E-state index in [0.29, 0.717) is 6.54 Å². The maximum Gasteiger partial charge on any atom is 0.422 e. The van der Waals surface area contributed by atoms with Crippen molar-refractivity contribution < 1.29 is 27.4 Å². The number of ether oxygens (including phenoxy) is 2. The van der Waals surface area contributed by atoms with Crippen molar-refractivity contribution >= 4 is 5.91 Å². The zero-order chi connectivity index (χ0) is 17.7. The Kier molecular flexibility index (Phi) is 5.93. The van der Waals surface area contributed by atoms with Crippen LogP contribution in [0.1, 0.15) is 19.8 Å². The molecule has 2 N–H and O–H groups in total. The SMILES string of the molecule is C[C@@H]1C[C@H](N)CCN1C(=O)COc1ccccc1OCC(F)(F)F. The Balaban J connectivity index is 1.93. The van der Waals surface area contributed by atoms with Crippen LogP contribution in [-0.2, 0) is 4.79 Å². The number of halogens is 3. The smallest absolute Gasteiger partial charge is 0.422 e. The van der Waals surface area contributed by atoms with Crippen molar-refractivity contribution in [2.45, 2.75) is 38.0 Å². The van der Waals surface area contributed by atoms with E-state index in [2.05, 4.69) is 0 Å². The number of hydrogen-bond donors (Lipinski definition) is 1. The molecule has 2 atom stereocenters. The summed E-state index contributed by atoms with van der Waals surface area (Å²) in [6.07, 6.45) is -3.00. The Hall–Kier alpha value is -1.96. The summed E-state index contributed by atoms with van der Waals surface area (Å²) >= 11 is 0. The lowest BCUT2D eigenvalue weighted by Gasteiger charge is -2.36. The minimum Gasteiger partial charge on any atom is -0.480 e. The van der Waals surface area contributed by atoms with Crippen LogP contribution in [0.2, 0.25) is 0 Å². The summed E-state index contributed by atoms with van der Waals surface area (Å²) in [4.78, 5) is 13.9.